The molecule has 0 bridgehead atoms. The molecule has 1 saturated carbocycles. The Morgan fingerprint density at radius 1 is 1.28 bits per heavy atom. The van der Waals surface area contributed by atoms with Gasteiger partial charge in [-0.15, -0.1) is 0 Å². The molecule has 1 N–H and O–H groups in total. The van der Waals surface area contributed by atoms with Crippen molar-refractivity contribution in [2.45, 2.75) is 38.6 Å². The SMILES string of the molecule is COc1ccc(CNCC2CCCCC2)c(F)c1. The van der Waals surface area contributed by atoms with Gasteiger partial charge in [-0.25, -0.2) is 4.39 Å². The van der Waals surface area contributed by atoms with Crippen LogP contribution in [0.5, 0.6) is 5.75 Å². The van der Waals surface area contributed by atoms with Crippen LogP contribution >= 0.6 is 0 Å². The van der Waals surface area contributed by atoms with Gasteiger partial charge in [0.15, 0.2) is 0 Å². The highest BCUT2D eigenvalue weighted by Crippen LogP contribution is 2.23. The van der Waals surface area contributed by atoms with Gasteiger partial charge in [0.2, 0.25) is 0 Å². The fourth-order valence-electron chi connectivity index (χ4n) is 2.60. The van der Waals surface area contributed by atoms with Gasteiger partial charge in [0.1, 0.15) is 11.6 Å². The molecule has 0 atom stereocenters. The maximum Gasteiger partial charge on any atom is 0.131 e. The van der Waals surface area contributed by atoms with Crippen LogP contribution in [0.25, 0.3) is 0 Å². The largest absolute Gasteiger partial charge is 0.497 e. The normalized spacial score (nSPS) is 16.8. The van der Waals surface area contributed by atoms with Gasteiger partial charge < -0.3 is 10.1 Å². The van der Waals surface area contributed by atoms with Gasteiger partial charge in [-0.1, -0.05) is 25.3 Å². The minimum absolute atomic E-state index is 0.189. The lowest BCUT2D eigenvalue weighted by Gasteiger charge is -2.21. The topological polar surface area (TPSA) is 21.3 Å². The minimum Gasteiger partial charge on any atom is -0.497 e. The van der Waals surface area contributed by atoms with Crippen molar-refractivity contribution in [1.82, 2.24) is 5.32 Å². The van der Waals surface area contributed by atoms with Crippen molar-refractivity contribution in [3.8, 4) is 5.75 Å². The Balaban J connectivity index is 1.79. The third kappa shape index (κ3) is 3.70. The van der Waals surface area contributed by atoms with Crippen LogP contribution in [0.2, 0.25) is 0 Å². The highest BCUT2D eigenvalue weighted by Gasteiger charge is 2.13. The van der Waals surface area contributed by atoms with Crippen molar-refractivity contribution >= 4 is 0 Å². The second-order valence-electron chi connectivity index (χ2n) is 5.09. The zero-order valence-corrected chi connectivity index (χ0v) is 11.0. The molecule has 0 aliphatic heterocycles. The van der Waals surface area contributed by atoms with Crippen molar-refractivity contribution in [3.63, 3.8) is 0 Å². The lowest BCUT2D eigenvalue weighted by molar-refractivity contribution is 0.341. The zero-order chi connectivity index (χ0) is 12.8. The van der Waals surface area contributed by atoms with Crippen LogP contribution in [-0.2, 0) is 6.54 Å². The predicted molar refractivity (Wildman–Crippen MR) is 71.2 cm³/mol. The van der Waals surface area contributed by atoms with Crippen LogP contribution in [0.3, 0.4) is 0 Å². The molecule has 2 rings (SSSR count). The minimum atomic E-state index is -0.189. The van der Waals surface area contributed by atoms with Gasteiger partial charge in [0.25, 0.3) is 0 Å². The van der Waals surface area contributed by atoms with E-state index in [4.69, 9.17) is 4.74 Å². The number of ether oxygens (including phenoxy) is 1. The summed E-state index contributed by atoms with van der Waals surface area (Å²) < 4.78 is 18.7. The Kier molecular flexibility index (Phi) is 5.00. The summed E-state index contributed by atoms with van der Waals surface area (Å²) in [4.78, 5) is 0. The molecule has 100 valence electrons. The Labute approximate surface area is 109 Å². The predicted octanol–water partition coefficient (Wildman–Crippen LogP) is 3.50. The molecule has 0 heterocycles. The van der Waals surface area contributed by atoms with E-state index in [9.17, 15) is 4.39 Å². The van der Waals surface area contributed by atoms with Crippen LogP contribution in [0, 0.1) is 11.7 Å². The zero-order valence-electron chi connectivity index (χ0n) is 11.0. The van der Waals surface area contributed by atoms with Crippen molar-refractivity contribution in [2.75, 3.05) is 13.7 Å². The summed E-state index contributed by atoms with van der Waals surface area (Å²) in [6.07, 6.45) is 6.71. The molecule has 2 nitrogen and oxygen atoms in total. The molecular weight excluding hydrogens is 229 g/mol. The van der Waals surface area contributed by atoms with Crippen LogP contribution in [0.1, 0.15) is 37.7 Å². The maximum atomic E-state index is 13.7. The summed E-state index contributed by atoms with van der Waals surface area (Å²) in [6.45, 7) is 1.61. The molecule has 1 aliphatic rings. The Morgan fingerprint density at radius 2 is 2.06 bits per heavy atom. The van der Waals surface area contributed by atoms with E-state index in [1.165, 1.54) is 38.2 Å². The standard InChI is InChI=1S/C15H22FNO/c1-18-14-8-7-13(15(16)9-14)11-17-10-12-5-3-2-4-6-12/h7-9,12,17H,2-6,10-11H2,1H3. The molecule has 1 aromatic rings. The molecule has 1 aromatic carbocycles. The summed E-state index contributed by atoms with van der Waals surface area (Å²) in [6, 6.07) is 5.04. The second kappa shape index (κ2) is 6.74. The summed E-state index contributed by atoms with van der Waals surface area (Å²) in [5.41, 5.74) is 0.714. The molecule has 18 heavy (non-hydrogen) atoms. The van der Waals surface area contributed by atoms with Crippen LogP contribution < -0.4 is 10.1 Å². The molecule has 0 unspecified atom stereocenters. The lowest BCUT2D eigenvalue weighted by Crippen LogP contribution is -2.24. The molecule has 0 aromatic heterocycles. The summed E-state index contributed by atoms with van der Waals surface area (Å²) in [5, 5.41) is 3.37. The van der Waals surface area contributed by atoms with E-state index in [1.54, 1.807) is 19.2 Å². The molecule has 1 aliphatic carbocycles. The molecule has 0 amide bonds. The Bertz CT molecular complexity index is 375. The van der Waals surface area contributed by atoms with Crippen molar-refractivity contribution in [2.24, 2.45) is 5.92 Å². The van der Waals surface area contributed by atoms with E-state index in [-0.39, 0.29) is 5.82 Å². The van der Waals surface area contributed by atoms with Crippen molar-refractivity contribution in [3.05, 3.63) is 29.6 Å². The number of halogens is 1. The quantitative estimate of drug-likeness (QED) is 0.864. The van der Waals surface area contributed by atoms with Gasteiger partial charge in [-0.3, -0.25) is 0 Å². The number of rotatable bonds is 5. The van der Waals surface area contributed by atoms with E-state index < -0.39 is 0 Å². The molecule has 0 radical (unpaired) electrons. The van der Waals surface area contributed by atoms with E-state index in [1.807, 2.05) is 0 Å². The van der Waals surface area contributed by atoms with Gasteiger partial charge in [0.05, 0.1) is 7.11 Å². The third-order valence-electron chi connectivity index (χ3n) is 3.73. The van der Waals surface area contributed by atoms with Crippen LogP contribution in [-0.4, -0.2) is 13.7 Å². The van der Waals surface area contributed by atoms with Crippen molar-refractivity contribution in [1.29, 1.82) is 0 Å². The highest BCUT2D eigenvalue weighted by molar-refractivity contribution is 5.28. The molecule has 0 spiro atoms. The second-order valence-corrected chi connectivity index (χ2v) is 5.09. The van der Waals surface area contributed by atoms with Gasteiger partial charge in [-0.05, 0) is 31.4 Å². The summed E-state index contributed by atoms with van der Waals surface area (Å²) >= 11 is 0. The first-order valence-electron chi connectivity index (χ1n) is 6.82. The van der Waals surface area contributed by atoms with E-state index in [0.717, 1.165) is 12.5 Å². The van der Waals surface area contributed by atoms with Crippen LogP contribution in [0.4, 0.5) is 4.39 Å². The molecule has 3 heteroatoms. The summed E-state index contributed by atoms with van der Waals surface area (Å²) in [7, 11) is 1.55. The Hall–Kier alpha value is -1.09. The number of hydrogen-bond donors (Lipinski definition) is 1. The van der Waals surface area contributed by atoms with E-state index in [2.05, 4.69) is 5.32 Å². The first-order chi connectivity index (χ1) is 8.79. The first kappa shape index (κ1) is 13.3. The van der Waals surface area contributed by atoms with Gasteiger partial charge >= 0.3 is 0 Å². The van der Waals surface area contributed by atoms with Gasteiger partial charge in [0, 0.05) is 18.2 Å². The smallest absolute Gasteiger partial charge is 0.131 e. The monoisotopic (exact) mass is 251 g/mol. The maximum absolute atomic E-state index is 13.7. The average Bonchev–Trinajstić information content (AvgIpc) is 2.42. The van der Waals surface area contributed by atoms with Gasteiger partial charge in [-0.2, -0.15) is 0 Å². The van der Waals surface area contributed by atoms with E-state index >= 15 is 0 Å². The number of nitrogens with one attached hydrogen (secondary N) is 1. The van der Waals surface area contributed by atoms with Crippen LogP contribution in [0.15, 0.2) is 18.2 Å². The van der Waals surface area contributed by atoms with Crippen molar-refractivity contribution < 1.29 is 9.13 Å². The lowest BCUT2D eigenvalue weighted by atomic mass is 9.89. The first-order valence-corrected chi connectivity index (χ1v) is 6.82. The average molecular weight is 251 g/mol. The number of hydrogen-bond acceptors (Lipinski definition) is 2. The fraction of sp³-hybridized carbons (Fsp3) is 0.600. The summed E-state index contributed by atoms with van der Waals surface area (Å²) in [5.74, 6) is 1.16. The number of benzene rings is 1. The van der Waals surface area contributed by atoms with E-state index in [0.29, 0.717) is 17.9 Å². The number of methoxy groups -OCH3 is 1. The molecular formula is C15H22FNO. The highest BCUT2D eigenvalue weighted by atomic mass is 19.1. The fourth-order valence-corrected chi connectivity index (χ4v) is 2.60. The molecule has 0 saturated heterocycles. The third-order valence-corrected chi connectivity index (χ3v) is 3.73. The Morgan fingerprint density at radius 3 is 2.72 bits per heavy atom. The molecule has 1 fully saturated rings.